The molecule has 2 heterocycles. The quantitative estimate of drug-likeness (QED) is 0.874. The Bertz CT molecular complexity index is 684. The number of carbonyl (C=O) groups excluding carboxylic acids is 1. The first-order valence-electron chi connectivity index (χ1n) is 8.09. The van der Waals surface area contributed by atoms with E-state index in [1.807, 2.05) is 38.4 Å². The number of rotatable bonds is 4. The monoisotopic (exact) mass is 329 g/mol. The smallest absolute Gasteiger partial charge is 0.253 e. The van der Waals surface area contributed by atoms with E-state index in [0.717, 1.165) is 18.5 Å². The number of likely N-dealkylation sites (tertiary alicyclic amines) is 1. The molecule has 1 amide bonds. The summed E-state index contributed by atoms with van der Waals surface area (Å²) >= 11 is 0. The zero-order valence-electron chi connectivity index (χ0n) is 14.1. The van der Waals surface area contributed by atoms with Crippen LogP contribution in [0, 0.1) is 0 Å². The van der Waals surface area contributed by atoms with Gasteiger partial charge in [0.2, 0.25) is 0 Å². The number of nitrogens with zero attached hydrogens (tertiary/aromatic N) is 4. The Morgan fingerprint density at radius 2 is 2.12 bits per heavy atom. The molecule has 7 nitrogen and oxygen atoms in total. The summed E-state index contributed by atoms with van der Waals surface area (Å²) in [5.41, 5.74) is 1.16. The van der Waals surface area contributed by atoms with Crippen molar-refractivity contribution in [1.29, 1.82) is 0 Å². The lowest BCUT2D eigenvalue weighted by Gasteiger charge is -2.38. The van der Waals surface area contributed by atoms with Crippen molar-refractivity contribution in [2.75, 3.05) is 27.2 Å². The Hall–Kier alpha value is -2.25. The zero-order chi connectivity index (χ0) is 17.2. The van der Waals surface area contributed by atoms with Crippen LogP contribution in [0.2, 0.25) is 0 Å². The standard InChI is InChI=1S/C17H23N5O2/c1-21(2)11-13-4-6-14(7-5-13)16(23)22-9-3-8-17(24,12-22)15-10-18-20-19-15/h4-7,10,24H,3,8-9,11-12H2,1-2H3,(H,18,19,20). The van der Waals surface area contributed by atoms with Crippen molar-refractivity contribution in [3.05, 3.63) is 47.3 Å². The highest BCUT2D eigenvalue weighted by molar-refractivity contribution is 5.94. The van der Waals surface area contributed by atoms with Gasteiger partial charge in [0.05, 0.1) is 12.7 Å². The lowest BCUT2D eigenvalue weighted by Crippen LogP contribution is -2.48. The van der Waals surface area contributed by atoms with Gasteiger partial charge in [-0.2, -0.15) is 15.4 Å². The molecule has 0 saturated carbocycles. The molecule has 128 valence electrons. The topological polar surface area (TPSA) is 85.4 Å². The normalized spacial score (nSPS) is 21.2. The van der Waals surface area contributed by atoms with Gasteiger partial charge in [-0.1, -0.05) is 12.1 Å². The van der Waals surface area contributed by atoms with Gasteiger partial charge in [-0.3, -0.25) is 4.79 Å². The molecule has 1 fully saturated rings. The number of aliphatic hydroxyl groups is 1. The molecule has 3 rings (SSSR count). The third-order valence-corrected chi connectivity index (χ3v) is 4.35. The van der Waals surface area contributed by atoms with Crippen LogP contribution in [0.3, 0.4) is 0 Å². The van der Waals surface area contributed by atoms with E-state index in [-0.39, 0.29) is 12.5 Å². The van der Waals surface area contributed by atoms with E-state index in [2.05, 4.69) is 20.3 Å². The van der Waals surface area contributed by atoms with Gasteiger partial charge in [0, 0.05) is 18.7 Å². The summed E-state index contributed by atoms with van der Waals surface area (Å²) in [6.45, 7) is 1.71. The van der Waals surface area contributed by atoms with Gasteiger partial charge in [0.1, 0.15) is 11.3 Å². The fourth-order valence-corrected chi connectivity index (χ4v) is 3.14. The van der Waals surface area contributed by atoms with Crippen molar-refractivity contribution in [2.24, 2.45) is 0 Å². The molecular weight excluding hydrogens is 306 g/mol. The molecule has 1 aromatic heterocycles. The largest absolute Gasteiger partial charge is 0.382 e. The van der Waals surface area contributed by atoms with E-state index >= 15 is 0 Å². The molecule has 1 saturated heterocycles. The number of aromatic amines is 1. The second-order valence-corrected chi connectivity index (χ2v) is 6.65. The predicted octanol–water partition coefficient (Wildman–Crippen LogP) is 0.990. The molecule has 7 heteroatoms. The first-order chi connectivity index (χ1) is 11.5. The molecule has 24 heavy (non-hydrogen) atoms. The minimum atomic E-state index is -1.13. The zero-order valence-corrected chi connectivity index (χ0v) is 14.1. The Balaban J connectivity index is 1.72. The highest BCUT2D eigenvalue weighted by Crippen LogP contribution is 2.30. The number of piperidine rings is 1. The molecule has 0 bridgehead atoms. The van der Waals surface area contributed by atoms with Crippen molar-refractivity contribution >= 4 is 5.91 Å². The van der Waals surface area contributed by atoms with E-state index in [1.165, 1.54) is 6.20 Å². The number of β-amino-alcohol motifs (C(OH)–C–C–N with tert-alkyl or cyclic N) is 1. The van der Waals surface area contributed by atoms with Crippen molar-refractivity contribution in [3.8, 4) is 0 Å². The number of carbonyl (C=O) groups is 1. The van der Waals surface area contributed by atoms with Crippen molar-refractivity contribution in [2.45, 2.75) is 25.0 Å². The van der Waals surface area contributed by atoms with E-state index in [0.29, 0.717) is 24.2 Å². The number of hydrogen-bond donors (Lipinski definition) is 2. The number of benzene rings is 1. The highest BCUT2D eigenvalue weighted by atomic mass is 16.3. The maximum absolute atomic E-state index is 12.8. The summed E-state index contributed by atoms with van der Waals surface area (Å²) in [5, 5.41) is 21.1. The molecular formula is C17H23N5O2. The van der Waals surface area contributed by atoms with Crippen LogP contribution in [-0.2, 0) is 12.1 Å². The molecule has 1 aliphatic heterocycles. The van der Waals surface area contributed by atoms with E-state index in [4.69, 9.17) is 0 Å². The van der Waals surface area contributed by atoms with Gasteiger partial charge in [0.15, 0.2) is 0 Å². The minimum absolute atomic E-state index is 0.0620. The summed E-state index contributed by atoms with van der Waals surface area (Å²) in [6.07, 6.45) is 2.82. The number of amides is 1. The molecule has 0 radical (unpaired) electrons. The lowest BCUT2D eigenvalue weighted by atomic mass is 9.89. The van der Waals surface area contributed by atoms with Crippen LogP contribution in [0.15, 0.2) is 30.5 Å². The summed E-state index contributed by atoms with van der Waals surface area (Å²) in [4.78, 5) is 16.5. The molecule has 2 aromatic rings. The fourth-order valence-electron chi connectivity index (χ4n) is 3.14. The van der Waals surface area contributed by atoms with Crippen molar-refractivity contribution < 1.29 is 9.90 Å². The summed E-state index contributed by atoms with van der Waals surface area (Å²) in [5.74, 6) is -0.0620. The first-order valence-corrected chi connectivity index (χ1v) is 8.09. The van der Waals surface area contributed by atoms with Crippen LogP contribution in [-0.4, -0.2) is 63.4 Å². The predicted molar refractivity (Wildman–Crippen MR) is 89.3 cm³/mol. The second kappa shape index (κ2) is 6.70. The Morgan fingerprint density at radius 3 is 2.75 bits per heavy atom. The molecule has 1 aromatic carbocycles. The minimum Gasteiger partial charge on any atom is -0.382 e. The molecule has 1 unspecified atom stereocenters. The lowest BCUT2D eigenvalue weighted by molar-refractivity contribution is -0.0320. The number of hydrogen-bond acceptors (Lipinski definition) is 5. The van der Waals surface area contributed by atoms with E-state index < -0.39 is 5.60 Å². The van der Waals surface area contributed by atoms with Crippen LogP contribution >= 0.6 is 0 Å². The average Bonchev–Trinajstić information content (AvgIpc) is 3.10. The van der Waals surface area contributed by atoms with Crippen LogP contribution in [0.5, 0.6) is 0 Å². The van der Waals surface area contributed by atoms with Gasteiger partial charge in [-0.05, 0) is 44.6 Å². The number of aromatic nitrogens is 3. The highest BCUT2D eigenvalue weighted by Gasteiger charge is 2.38. The van der Waals surface area contributed by atoms with Crippen molar-refractivity contribution in [1.82, 2.24) is 25.2 Å². The molecule has 1 aliphatic rings. The maximum Gasteiger partial charge on any atom is 0.253 e. The van der Waals surface area contributed by atoms with E-state index in [1.54, 1.807) is 4.90 Å². The Morgan fingerprint density at radius 1 is 1.38 bits per heavy atom. The van der Waals surface area contributed by atoms with Gasteiger partial charge in [-0.15, -0.1) is 0 Å². The van der Waals surface area contributed by atoms with Crippen LogP contribution in [0.25, 0.3) is 0 Å². The molecule has 0 aliphatic carbocycles. The summed E-state index contributed by atoms with van der Waals surface area (Å²) in [6, 6.07) is 7.65. The molecule has 0 spiro atoms. The number of H-pyrrole nitrogens is 1. The Kier molecular flexibility index (Phi) is 4.64. The summed E-state index contributed by atoms with van der Waals surface area (Å²) < 4.78 is 0. The summed E-state index contributed by atoms with van der Waals surface area (Å²) in [7, 11) is 4.02. The number of nitrogens with one attached hydrogen (secondary N) is 1. The maximum atomic E-state index is 12.8. The molecule has 2 N–H and O–H groups in total. The SMILES string of the molecule is CN(C)Cc1ccc(C(=O)N2CCCC(O)(c3cn[nH]n3)C2)cc1. The average molecular weight is 329 g/mol. The van der Waals surface area contributed by atoms with Crippen molar-refractivity contribution in [3.63, 3.8) is 0 Å². The fraction of sp³-hybridized carbons (Fsp3) is 0.471. The third-order valence-electron chi connectivity index (χ3n) is 4.35. The van der Waals surface area contributed by atoms with Gasteiger partial charge >= 0.3 is 0 Å². The van der Waals surface area contributed by atoms with Gasteiger partial charge in [0.25, 0.3) is 5.91 Å². The van der Waals surface area contributed by atoms with Gasteiger partial charge in [-0.25, -0.2) is 0 Å². The van der Waals surface area contributed by atoms with E-state index in [9.17, 15) is 9.90 Å². The Labute approximate surface area is 141 Å². The second-order valence-electron chi connectivity index (χ2n) is 6.65. The first kappa shape index (κ1) is 16.6. The van der Waals surface area contributed by atoms with Crippen LogP contribution < -0.4 is 0 Å². The molecule has 1 atom stereocenters. The van der Waals surface area contributed by atoms with Gasteiger partial charge < -0.3 is 14.9 Å². The van der Waals surface area contributed by atoms with Crippen LogP contribution in [0.1, 0.15) is 34.5 Å². The van der Waals surface area contributed by atoms with Crippen LogP contribution in [0.4, 0.5) is 0 Å². The third kappa shape index (κ3) is 3.47.